The van der Waals surface area contributed by atoms with Crippen molar-refractivity contribution in [2.45, 2.75) is 46.5 Å². The summed E-state index contributed by atoms with van der Waals surface area (Å²) in [6.07, 6.45) is 0.0956. The quantitative estimate of drug-likeness (QED) is 0.610. The van der Waals surface area contributed by atoms with Crippen LogP contribution in [0.15, 0.2) is 39.2 Å². The molecule has 2 unspecified atom stereocenters. The SMILES string of the molecule is Cc1ccc(OCc2ccc(-c3nc(C#N)c(N4CC(C)OC(C)C4)o3)o2)cc1C. The van der Waals surface area contributed by atoms with Crippen molar-refractivity contribution >= 4 is 5.88 Å². The topological polar surface area (TPSA) is 84.7 Å². The monoisotopic (exact) mass is 407 g/mol. The Bertz CT molecular complexity index is 1070. The first kappa shape index (κ1) is 20.0. The number of oxazole rings is 1. The minimum Gasteiger partial charge on any atom is -0.486 e. The molecule has 3 aromatic rings. The summed E-state index contributed by atoms with van der Waals surface area (Å²) >= 11 is 0. The largest absolute Gasteiger partial charge is 0.486 e. The first-order chi connectivity index (χ1) is 14.4. The number of hydrogen-bond donors (Lipinski definition) is 0. The lowest BCUT2D eigenvalue weighted by Gasteiger charge is -2.34. The van der Waals surface area contributed by atoms with Crippen LogP contribution >= 0.6 is 0 Å². The lowest BCUT2D eigenvalue weighted by molar-refractivity contribution is -0.00639. The van der Waals surface area contributed by atoms with Crippen LogP contribution in [0.25, 0.3) is 11.7 Å². The Balaban J connectivity index is 1.50. The molecule has 3 heterocycles. The van der Waals surface area contributed by atoms with E-state index in [-0.39, 0.29) is 23.8 Å². The molecule has 1 aliphatic heterocycles. The summed E-state index contributed by atoms with van der Waals surface area (Å²) in [6.45, 7) is 9.69. The van der Waals surface area contributed by atoms with Crippen LogP contribution in [0.3, 0.4) is 0 Å². The van der Waals surface area contributed by atoms with Crippen molar-refractivity contribution in [1.82, 2.24) is 4.98 Å². The molecule has 1 saturated heterocycles. The van der Waals surface area contributed by atoms with Crippen LogP contribution in [0.2, 0.25) is 0 Å². The third-order valence-corrected chi connectivity index (χ3v) is 5.15. The van der Waals surface area contributed by atoms with Crippen molar-refractivity contribution in [3.05, 3.63) is 52.9 Å². The van der Waals surface area contributed by atoms with E-state index in [0.717, 1.165) is 5.75 Å². The summed E-state index contributed by atoms with van der Waals surface area (Å²) in [5, 5.41) is 9.52. The van der Waals surface area contributed by atoms with Gasteiger partial charge in [-0.15, -0.1) is 0 Å². The van der Waals surface area contributed by atoms with Crippen molar-refractivity contribution in [3.8, 4) is 23.5 Å². The van der Waals surface area contributed by atoms with E-state index in [9.17, 15) is 5.26 Å². The van der Waals surface area contributed by atoms with Crippen LogP contribution in [0, 0.1) is 25.2 Å². The zero-order valence-corrected chi connectivity index (χ0v) is 17.6. The van der Waals surface area contributed by atoms with Gasteiger partial charge in [0.25, 0.3) is 5.89 Å². The molecule has 1 fully saturated rings. The van der Waals surface area contributed by atoms with Gasteiger partial charge in [-0.2, -0.15) is 10.2 Å². The van der Waals surface area contributed by atoms with Crippen molar-refractivity contribution < 1.29 is 18.3 Å². The fraction of sp³-hybridized carbons (Fsp3) is 0.391. The Labute approximate surface area is 175 Å². The van der Waals surface area contributed by atoms with E-state index >= 15 is 0 Å². The predicted octanol–water partition coefficient (Wildman–Crippen LogP) is 4.62. The summed E-state index contributed by atoms with van der Waals surface area (Å²) < 4.78 is 23.4. The number of aromatic nitrogens is 1. The molecule has 0 aliphatic carbocycles. The average Bonchev–Trinajstić information content (AvgIpc) is 3.35. The number of hydrogen-bond acceptors (Lipinski definition) is 7. The molecule has 0 spiro atoms. The van der Waals surface area contributed by atoms with Gasteiger partial charge in [-0.25, -0.2) is 0 Å². The Morgan fingerprint density at radius 2 is 1.87 bits per heavy atom. The molecule has 2 atom stereocenters. The number of anilines is 1. The van der Waals surface area contributed by atoms with Gasteiger partial charge in [-0.3, -0.25) is 0 Å². The molecule has 0 bridgehead atoms. The van der Waals surface area contributed by atoms with Gasteiger partial charge < -0.3 is 23.2 Å². The summed E-state index contributed by atoms with van der Waals surface area (Å²) in [5.74, 6) is 2.64. The molecule has 156 valence electrons. The maximum absolute atomic E-state index is 9.52. The summed E-state index contributed by atoms with van der Waals surface area (Å²) in [6, 6.07) is 11.7. The van der Waals surface area contributed by atoms with Gasteiger partial charge in [0.1, 0.15) is 24.2 Å². The number of benzene rings is 1. The highest BCUT2D eigenvalue weighted by Gasteiger charge is 2.28. The molecule has 7 nitrogen and oxygen atoms in total. The summed E-state index contributed by atoms with van der Waals surface area (Å²) in [7, 11) is 0. The smallest absolute Gasteiger partial charge is 0.266 e. The molecule has 2 aromatic heterocycles. The molecule has 4 rings (SSSR count). The van der Waals surface area contributed by atoms with Crippen molar-refractivity contribution in [3.63, 3.8) is 0 Å². The van der Waals surface area contributed by atoms with E-state index in [1.165, 1.54) is 11.1 Å². The Morgan fingerprint density at radius 1 is 1.10 bits per heavy atom. The Morgan fingerprint density at radius 3 is 2.57 bits per heavy atom. The average molecular weight is 407 g/mol. The van der Waals surface area contributed by atoms with E-state index in [1.54, 1.807) is 6.07 Å². The van der Waals surface area contributed by atoms with E-state index < -0.39 is 0 Å². The van der Waals surface area contributed by atoms with Crippen molar-refractivity contribution in [2.24, 2.45) is 0 Å². The third kappa shape index (κ3) is 4.19. The highest BCUT2D eigenvalue weighted by molar-refractivity contribution is 5.56. The number of nitrogens with zero attached hydrogens (tertiary/aromatic N) is 3. The van der Waals surface area contributed by atoms with E-state index in [1.807, 2.05) is 43.0 Å². The second kappa shape index (κ2) is 8.25. The first-order valence-electron chi connectivity index (χ1n) is 10.0. The van der Waals surface area contributed by atoms with Crippen LogP contribution in [-0.4, -0.2) is 30.3 Å². The van der Waals surface area contributed by atoms with Gasteiger partial charge in [-0.1, -0.05) is 6.07 Å². The lowest BCUT2D eigenvalue weighted by Crippen LogP contribution is -2.45. The maximum atomic E-state index is 9.52. The normalized spacial score (nSPS) is 19.0. The molecule has 0 saturated carbocycles. The van der Waals surface area contributed by atoms with Gasteiger partial charge in [-0.05, 0) is 63.1 Å². The number of nitriles is 1. The second-order valence-electron chi connectivity index (χ2n) is 7.75. The van der Waals surface area contributed by atoms with Gasteiger partial charge in [0.2, 0.25) is 11.6 Å². The number of morpholine rings is 1. The van der Waals surface area contributed by atoms with Crippen LogP contribution in [0.1, 0.15) is 36.4 Å². The molecule has 1 aliphatic rings. The molecule has 30 heavy (non-hydrogen) atoms. The molecule has 0 N–H and O–H groups in total. The summed E-state index contributed by atoms with van der Waals surface area (Å²) in [5.41, 5.74) is 2.64. The Hall–Kier alpha value is -3.24. The minimum absolute atomic E-state index is 0.0478. The highest BCUT2D eigenvalue weighted by atomic mass is 16.5. The van der Waals surface area contributed by atoms with Crippen LogP contribution in [0.4, 0.5) is 5.88 Å². The summed E-state index contributed by atoms with van der Waals surface area (Å²) in [4.78, 5) is 6.33. The standard InChI is InChI=1S/C23H25N3O4/c1-14-5-6-18(9-15(14)2)27-13-19-7-8-21(29-19)22-25-20(10-24)23(30-22)26-11-16(3)28-17(4)12-26/h5-9,16-17H,11-13H2,1-4H3. The number of furan rings is 1. The first-order valence-corrected chi connectivity index (χ1v) is 10.0. The third-order valence-electron chi connectivity index (χ3n) is 5.15. The van der Waals surface area contributed by atoms with Crippen LogP contribution < -0.4 is 9.64 Å². The van der Waals surface area contributed by atoms with Crippen LogP contribution in [0.5, 0.6) is 5.75 Å². The Kier molecular flexibility index (Phi) is 5.51. The second-order valence-corrected chi connectivity index (χ2v) is 7.75. The molecule has 0 radical (unpaired) electrons. The zero-order chi connectivity index (χ0) is 21.3. The maximum Gasteiger partial charge on any atom is 0.266 e. The van der Waals surface area contributed by atoms with Crippen molar-refractivity contribution in [1.29, 1.82) is 5.26 Å². The number of ether oxygens (including phenoxy) is 2. The highest BCUT2D eigenvalue weighted by Crippen LogP contribution is 2.31. The van der Waals surface area contributed by atoms with Gasteiger partial charge in [0.15, 0.2) is 5.76 Å². The van der Waals surface area contributed by atoms with Crippen molar-refractivity contribution in [2.75, 3.05) is 18.0 Å². The van der Waals surface area contributed by atoms with E-state index in [0.29, 0.717) is 37.1 Å². The predicted molar refractivity (Wildman–Crippen MR) is 111 cm³/mol. The molecule has 0 amide bonds. The fourth-order valence-electron chi connectivity index (χ4n) is 3.58. The zero-order valence-electron chi connectivity index (χ0n) is 17.6. The van der Waals surface area contributed by atoms with Gasteiger partial charge >= 0.3 is 0 Å². The lowest BCUT2D eigenvalue weighted by atomic mass is 10.1. The van der Waals surface area contributed by atoms with Gasteiger partial charge in [0, 0.05) is 13.1 Å². The fourth-order valence-corrected chi connectivity index (χ4v) is 3.58. The van der Waals surface area contributed by atoms with Gasteiger partial charge in [0.05, 0.1) is 12.2 Å². The molecule has 7 heteroatoms. The molecular weight excluding hydrogens is 382 g/mol. The number of rotatable bonds is 5. The number of aryl methyl sites for hydroxylation is 2. The van der Waals surface area contributed by atoms with Crippen LogP contribution in [-0.2, 0) is 11.3 Å². The minimum atomic E-state index is 0.0478. The molecular formula is C23H25N3O4. The van der Waals surface area contributed by atoms with E-state index in [2.05, 4.69) is 24.9 Å². The molecule has 1 aromatic carbocycles. The van der Waals surface area contributed by atoms with E-state index in [4.69, 9.17) is 18.3 Å².